The van der Waals surface area contributed by atoms with E-state index in [-0.39, 0.29) is 22.8 Å². The lowest BCUT2D eigenvalue weighted by molar-refractivity contribution is -0.463. The first-order chi connectivity index (χ1) is 22.8. The molecule has 0 unspecified atom stereocenters. The molecule has 7 nitrogen and oxygen atoms in total. The molecule has 5 aromatic rings. The van der Waals surface area contributed by atoms with Gasteiger partial charge in [0, 0.05) is 47.1 Å². The fraction of sp³-hybridized carbons (Fsp3) is 0.125. The SMILES string of the molecule is [C-]#[N+]/C(C#N)=C1\C(=C2c3ccccc3C(=[N+](C)C)c3ccccc32)C([O-])=C1c1c2cccc3c2c(c2cccc(O)c12)N(C)CN3C. The molecule has 0 bridgehead atoms. The number of allylic oxidation sites excluding steroid dienone is 3. The van der Waals surface area contributed by atoms with Crippen LogP contribution in [0.25, 0.3) is 37.5 Å². The van der Waals surface area contributed by atoms with E-state index in [1.54, 1.807) is 6.07 Å². The zero-order valence-electron chi connectivity index (χ0n) is 26.4. The minimum atomic E-state index is -0.257. The molecule has 226 valence electrons. The Labute approximate surface area is 272 Å². The largest absolute Gasteiger partial charge is 0.872 e. The number of hydrogen-bond donors (Lipinski definition) is 1. The summed E-state index contributed by atoms with van der Waals surface area (Å²) in [7, 11) is 8.05. The van der Waals surface area contributed by atoms with Crippen molar-refractivity contribution in [2.24, 2.45) is 0 Å². The third-order valence-corrected chi connectivity index (χ3v) is 9.57. The van der Waals surface area contributed by atoms with Crippen molar-refractivity contribution < 1.29 is 14.8 Å². The quantitative estimate of drug-likeness (QED) is 0.103. The van der Waals surface area contributed by atoms with Crippen LogP contribution in [-0.4, -0.2) is 50.3 Å². The minimum absolute atomic E-state index is 0.0361. The van der Waals surface area contributed by atoms with Crippen LogP contribution in [0.4, 0.5) is 11.4 Å². The summed E-state index contributed by atoms with van der Waals surface area (Å²) >= 11 is 0. The third kappa shape index (κ3) is 3.69. The molecule has 1 heterocycles. The summed E-state index contributed by atoms with van der Waals surface area (Å²) in [6.45, 7) is 8.73. The second-order valence-electron chi connectivity index (χ2n) is 12.4. The standard InChI is InChI=1S/C40H29N5O2/c1-42-28(20-41)35-36(31-22-12-6-8-14-24(22)38(43(2)3)25-15-9-7-13-23(25)31)40(47)37(35)34-26-16-10-18-29-32(26)39(45(5)21-44(29)4)27-17-11-19-30(46)33(27)34/h6-19H,21H2,2-5H3,(H-,46,47)/b35-28+. The molecule has 0 aromatic heterocycles. The fourth-order valence-corrected chi connectivity index (χ4v) is 7.83. The highest BCUT2D eigenvalue weighted by atomic mass is 16.3. The first kappa shape index (κ1) is 28.2. The van der Waals surface area contributed by atoms with Crippen LogP contribution in [0.3, 0.4) is 0 Å². The average Bonchev–Trinajstić information content (AvgIpc) is 3.07. The molecule has 0 radical (unpaired) electrons. The van der Waals surface area contributed by atoms with Gasteiger partial charge in [0.1, 0.15) is 19.8 Å². The van der Waals surface area contributed by atoms with E-state index in [1.165, 1.54) is 0 Å². The van der Waals surface area contributed by atoms with E-state index in [2.05, 4.69) is 31.4 Å². The van der Waals surface area contributed by atoms with Gasteiger partial charge in [-0.3, -0.25) is 0 Å². The summed E-state index contributed by atoms with van der Waals surface area (Å²) in [5, 5.41) is 39.9. The Kier molecular flexibility index (Phi) is 6.06. The van der Waals surface area contributed by atoms with E-state index < -0.39 is 0 Å². The Balaban J connectivity index is 1.58. The number of phenolic OH excluding ortho intramolecular Hbond substituents is 1. The van der Waals surface area contributed by atoms with Gasteiger partial charge in [0.2, 0.25) is 5.71 Å². The van der Waals surface area contributed by atoms with Gasteiger partial charge in [0.15, 0.2) is 0 Å². The Hall–Kier alpha value is -6.31. The van der Waals surface area contributed by atoms with Crippen LogP contribution in [-0.2, 0) is 0 Å². The number of phenols is 1. The highest BCUT2D eigenvalue weighted by Gasteiger charge is 2.39. The molecule has 0 saturated carbocycles. The summed E-state index contributed by atoms with van der Waals surface area (Å²) in [6, 6.07) is 29.4. The molecule has 0 fully saturated rings. The molecule has 0 atom stereocenters. The van der Waals surface area contributed by atoms with E-state index in [1.807, 2.05) is 101 Å². The van der Waals surface area contributed by atoms with E-state index in [4.69, 9.17) is 6.57 Å². The van der Waals surface area contributed by atoms with Gasteiger partial charge >= 0.3 is 0 Å². The molecule has 3 aliphatic rings. The van der Waals surface area contributed by atoms with Gasteiger partial charge in [-0.1, -0.05) is 66.4 Å². The van der Waals surface area contributed by atoms with Crippen molar-refractivity contribution in [1.29, 1.82) is 5.26 Å². The molecule has 5 aromatic carbocycles. The van der Waals surface area contributed by atoms with Gasteiger partial charge in [0.05, 0.1) is 36.1 Å². The van der Waals surface area contributed by atoms with Crippen LogP contribution >= 0.6 is 0 Å². The summed E-state index contributed by atoms with van der Waals surface area (Å²) in [5.41, 5.74) is 8.72. The maximum atomic E-state index is 15.0. The van der Waals surface area contributed by atoms with Gasteiger partial charge in [-0.2, -0.15) is 0 Å². The Morgan fingerprint density at radius 1 is 0.809 bits per heavy atom. The molecular weight excluding hydrogens is 582 g/mol. The number of hydrogen-bond acceptors (Lipinski definition) is 5. The van der Waals surface area contributed by atoms with Crippen molar-refractivity contribution in [3.63, 3.8) is 0 Å². The van der Waals surface area contributed by atoms with E-state index >= 15 is 0 Å². The fourth-order valence-electron chi connectivity index (χ4n) is 7.83. The van der Waals surface area contributed by atoms with E-state index in [0.717, 1.165) is 55.5 Å². The molecule has 1 N–H and O–H groups in total. The predicted octanol–water partition coefficient (Wildman–Crippen LogP) is 6.25. The number of aromatic hydroxyl groups is 1. The van der Waals surface area contributed by atoms with Crippen LogP contribution < -0.4 is 14.9 Å². The lowest BCUT2D eigenvalue weighted by atomic mass is 9.69. The molecule has 8 rings (SSSR count). The molecule has 2 aliphatic carbocycles. The van der Waals surface area contributed by atoms with Gasteiger partial charge < -0.3 is 20.0 Å². The number of rotatable bonds is 1. The zero-order valence-corrected chi connectivity index (χ0v) is 26.4. The van der Waals surface area contributed by atoms with Crippen LogP contribution in [0.5, 0.6) is 5.75 Å². The molecule has 0 saturated heterocycles. The zero-order chi connectivity index (χ0) is 32.7. The molecule has 7 heteroatoms. The highest BCUT2D eigenvalue weighted by molar-refractivity contribution is 6.27. The van der Waals surface area contributed by atoms with Crippen LogP contribution in [0, 0.1) is 17.9 Å². The number of fused-ring (bicyclic) bond motifs is 4. The maximum Gasteiger partial charge on any atom is 0.270 e. The number of anilines is 2. The molecule has 0 amide bonds. The number of nitrogens with zero attached hydrogens (tertiary/aromatic N) is 5. The van der Waals surface area contributed by atoms with Crippen LogP contribution in [0.2, 0.25) is 0 Å². The van der Waals surface area contributed by atoms with Crippen molar-refractivity contribution in [3.8, 4) is 11.8 Å². The highest BCUT2D eigenvalue weighted by Crippen LogP contribution is 2.57. The van der Waals surface area contributed by atoms with Crippen LogP contribution in [0.15, 0.2) is 108 Å². The molecule has 47 heavy (non-hydrogen) atoms. The Morgan fingerprint density at radius 2 is 1.43 bits per heavy atom. The number of benzene rings is 5. The summed E-state index contributed by atoms with van der Waals surface area (Å²) in [5.74, 6) is -0.221. The molecule has 0 spiro atoms. The minimum Gasteiger partial charge on any atom is -0.872 e. The summed E-state index contributed by atoms with van der Waals surface area (Å²) in [6.07, 6.45) is 0. The summed E-state index contributed by atoms with van der Waals surface area (Å²) < 4.78 is 2.08. The first-order valence-corrected chi connectivity index (χ1v) is 15.3. The van der Waals surface area contributed by atoms with E-state index in [0.29, 0.717) is 34.3 Å². The lowest BCUT2D eigenvalue weighted by Crippen LogP contribution is -2.36. The van der Waals surface area contributed by atoms with Crippen molar-refractivity contribution >= 4 is 49.8 Å². The molecular formula is C40H29N5O2. The first-order valence-electron chi connectivity index (χ1n) is 15.3. The Morgan fingerprint density at radius 3 is 2.04 bits per heavy atom. The average molecular weight is 612 g/mol. The van der Waals surface area contributed by atoms with Crippen molar-refractivity contribution in [2.75, 3.05) is 44.7 Å². The second kappa shape index (κ2) is 10.1. The second-order valence-corrected chi connectivity index (χ2v) is 12.4. The van der Waals surface area contributed by atoms with Crippen molar-refractivity contribution in [2.45, 2.75) is 0 Å². The Bertz CT molecular complexity index is 2410. The van der Waals surface area contributed by atoms with E-state index in [9.17, 15) is 15.5 Å². The van der Waals surface area contributed by atoms with Gasteiger partial charge in [-0.25, -0.2) is 14.7 Å². The lowest BCUT2D eigenvalue weighted by Gasteiger charge is -2.42. The van der Waals surface area contributed by atoms with Gasteiger partial charge in [-0.15, -0.1) is 0 Å². The van der Waals surface area contributed by atoms with Gasteiger partial charge in [-0.05, 0) is 57.5 Å². The van der Waals surface area contributed by atoms with Crippen molar-refractivity contribution in [3.05, 3.63) is 147 Å². The third-order valence-electron chi connectivity index (χ3n) is 9.57. The van der Waals surface area contributed by atoms with Gasteiger partial charge in [0.25, 0.3) is 5.70 Å². The summed E-state index contributed by atoms with van der Waals surface area (Å²) in [4.78, 5) is 7.98. The predicted molar refractivity (Wildman–Crippen MR) is 185 cm³/mol. The smallest absolute Gasteiger partial charge is 0.270 e. The maximum absolute atomic E-state index is 15.0. The van der Waals surface area contributed by atoms with Crippen LogP contribution in [0.1, 0.15) is 27.8 Å². The number of nitriles is 1. The monoisotopic (exact) mass is 611 g/mol. The normalized spacial score (nSPS) is 16.1. The topological polar surface area (TPSA) is 80.9 Å². The van der Waals surface area contributed by atoms with Crippen molar-refractivity contribution in [1.82, 2.24) is 0 Å². The molecule has 1 aliphatic heterocycles.